The molecule has 1 heterocycles. The number of carbonyl (C=O) groups excluding carboxylic acids is 1. The number of benzene rings is 1. The summed E-state index contributed by atoms with van der Waals surface area (Å²) >= 11 is 5.88. The van der Waals surface area contributed by atoms with Gasteiger partial charge in [0.1, 0.15) is 5.75 Å². The number of aromatic nitrogens is 1. The molecule has 0 aliphatic heterocycles. The Morgan fingerprint density at radius 3 is 3.05 bits per heavy atom. The molecule has 2 N–H and O–H groups in total. The number of aryl methyl sites for hydroxylation is 1. The van der Waals surface area contributed by atoms with Crippen molar-refractivity contribution in [1.82, 2.24) is 10.4 Å². The van der Waals surface area contributed by atoms with Crippen molar-refractivity contribution >= 4 is 23.7 Å². The Bertz CT molecular complexity index is 639. The van der Waals surface area contributed by atoms with Gasteiger partial charge in [-0.3, -0.25) is 4.79 Å². The minimum absolute atomic E-state index is 0.140. The molecule has 0 aliphatic carbocycles. The number of hydrazone groups is 1. The largest absolute Gasteiger partial charge is 0.493 e. The second kappa shape index (κ2) is 8.24. The molecule has 0 radical (unpaired) electrons. The monoisotopic (exact) mass is 319 g/mol. The summed E-state index contributed by atoms with van der Waals surface area (Å²) in [5.41, 5.74) is 4.29. The van der Waals surface area contributed by atoms with Gasteiger partial charge in [-0.1, -0.05) is 11.6 Å². The third-order valence-electron chi connectivity index (χ3n) is 2.96. The highest BCUT2D eigenvalue weighted by Gasteiger charge is 2.02. The van der Waals surface area contributed by atoms with Gasteiger partial charge in [0.15, 0.2) is 0 Å². The highest BCUT2D eigenvalue weighted by molar-refractivity contribution is 6.30. The van der Waals surface area contributed by atoms with Gasteiger partial charge in [0, 0.05) is 17.6 Å². The molecular formula is C16H18ClN3O2. The predicted octanol–water partition coefficient (Wildman–Crippen LogP) is 3.29. The van der Waals surface area contributed by atoms with Gasteiger partial charge in [-0.05, 0) is 49.2 Å². The number of H-pyrrole nitrogens is 1. The van der Waals surface area contributed by atoms with Crippen molar-refractivity contribution in [3.63, 3.8) is 0 Å². The van der Waals surface area contributed by atoms with Crippen molar-refractivity contribution in [3.05, 3.63) is 52.8 Å². The van der Waals surface area contributed by atoms with E-state index in [4.69, 9.17) is 16.3 Å². The fraction of sp³-hybridized carbons (Fsp3) is 0.250. The SMILES string of the molecule is Cc1cc(Cl)ccc1OCCCC(=O)N/N=C\c1ccc[nH]1. The van der Waals surface area contributed by atoms with E-state index in [0.717, 1.165) is 17.0 Å². The van der Waals surface area contributed by atoms with Crippen LogP contribution >= 0.6 is 11.6 Å². The molecule has 0 aliphatic rings. The second-order valence-electron chi connectivity index (χ2n) is 4.78. The Hall–Kier alpha value is -2.27. The van der Waals surface area contributed by atoms with E-state index in [1.807, 2.05) is 31.2 Å². The fourth-order valence-electron chi connectivity index (χ4n) is 1.84. The molecule has 116 valence electrons. The molecule has 0 saturated carbocycles. The Labute approximate surface area is 134 Å². The maximum atomic E-state index is 11.6. The summed E-state index contributed by atoms with van der Waals surface area (Å²) < 4.78 is 5.62. The standard InChI is InChI=1S/C16H18ClN3O2/c1-12-10-13(17)6-7-15(12)22-9-3-5-16(21)20-19-11-14-4-2-8-18-14/h2,4,6-8,10-11,18H,3,5,9H2,1H3,(H,20,21)/b19-11-. The van der Waals surface area contributed by atoms with Crippen LogP contribution in [0.2, 0.25) is 5.02 Å². The molecule has 0 unspecified atom stereocenters. The summed E-state index contributed by atoms with van der Waals surface area (Å²) in [5, 5.41) is 4.55. The zero-order valence-electron chi connectivity index (χ0n) is 12.3. The van der Waals surface area contributed by atoms with E-state index in [1.54, 1.807) is 18.5 Å². The maximum absolute atomic E-state index is 11.6. The average molecular weight is 320 g/mol. The van der Waals surface area contributed by atoms with Gasteiger partial charge in [-0.15, -0.1) is 0 Å². The first kappa shape index (κ1) is 16.1. The number of hydrogen-bond donors (Lipinski definition) is 2. The van der Waals surface area contributed by atoms with Crippen molar-refractivity contribution in [2.45, 2.75) is 19.8 Å². The van der Waals surface area contributed by atoms with Crippen molar-refractivity contribution in [1.29, 1.82) is 0 Å². The van der Waals surface area contributed by atoms with Gasteiger partial charge < -0.3 is 9.72 Å². The molecule has 22 heavy (non-hydrogen) atoms. The zero-order chi connectivity index (χ0) is 15.8. The van der Waals surface area contributed by atoms with Gasteiger partial charge in [0.2, 0.25) is 5.91 Å². The number of halogens is 1. The van der Waals surface area contributed by atoms with E-state index in [9.17, 15) is 4.79 Å². The third-order valence-corrected chi connectivity index (χ3v) is 3.19. The molecule has 2 aromatic rings. The first-order chi connectivity index (χ1) is 10.6. The lowest BCUT2D eigenvalue weighted by Gasteiger charge is -2.08. The van der Waals surface area contributed by atoms with Crippen LogP contribution < -0.4 is 10.2 Å². The number of rotatable bonds is 7. The zero-order valence-corrected chi connectivity index (χ0v) is 13.1. The maximum Gasteiger partial charge on any atom is 0.240 e. The lowest BCUT2D eigenvalue weighted by atomic mass is 10.2. The average Bonchev–Trinajstić information content (AvgIpc) is 2.99. The molecule has 0 fully saturated rings. The summed E-state index contributed by atoms with van der Waals surface area (Å²) in [6, 6.07) is 9.18. The number of hydrogen-bond acceptors (Lipinski definition) is 3. The molecule has 5 nitrogen and oxygen atoms in total. The number of nitrogens with one attached hydrogen (secondary N) is 2. The molecule has 0 spiro atoms. The lowest BCUT2D eigenvalue weighted by Crippen LogP contribution is -2.18. The molecule has 2 rings (SSSR count). The van der Waals surface area contributed by atoms with E-state index in [2.05, 4.69) is 15.5 Å². The van der Waals surface area contributed by atoms with Crippen LogP contribution in [0.1, 0.15) is 24.1 Å². The molecule has 0 bridgehead atoms. The van der Waals surface area contributed by atoms with Crippen LogP contribution in [0.15, 0.2) is 41.6 Å². The molecule has 0 atom stereocenters. The van der Waals surface area contributed by atoms with Gasteiger partial charge in [-0.2, -0.15) is 5.10 Å². The third kappa shape index (κ3) is 5.26. The number of nitrogens with zero attached hydrogens (tertiary/aromatic N) is 1. The first-order valence-electron chi connectivity index (χ1n) is 6.99. The molecule has 1 aromatic carbocycles. The Morgan fingerprint density at radius 2 is 2.32 bits per heavy atom. The Morgan fingerprint density at radius 1 is 1.45 bits per heavy atom. The number of aromatic amines is 1. The lowest BCUT2D eigenvalue weighted by molar-refractivity contribution is -0.121. The Balaban J connectivity index is 1.64. The fourth-order valence-corrected chi connectivity index (χ4v) is 2.07. The summed E-state index contributed by atoms with van der Waals surface area (Å²) in [7, 11) is 0. The van der Waals surface area contributed by atoms with Crippen LogP contribution in [0, 0.1) is 6.92 Å². The number of carbonyl (C=O) groups is 1. The molecule has 1 amide bonds. The van der Waals surface area contributed by atoms with Crippen molar-refractivity contribution in [3.8, 4) is 5.75 Å². The van der Waals surface area contributed by atoms with Gasteiger partial charge in [-0.25, -0.2) is 5.43 Å². The highest BCUT2D eigenvalue weighted by atomic mass is 35.5. The van der Waals surface area contributed by atoms with Crippen LogP contribution in [0.4, 0.5) is 0 Å². The van der Waals surface area contributed by atoms with Crippen molar-refractivity contribution in [2.24, 2.45) is 5.10 Å². The van der Waals surface area contributed by atoms with E-state index in [0.29, 0.717) is 24.5 Å². The van der Waals surface area contributed by atoms with Gasteiger partial charge in [0.25, 0.3) is 0 Å². The van der Waals surface area contributed by atoms with Crippen LogP contribution in [-0.4, -0.2) is 23.7 Å². The number of ether oxygens (including phenoxy) is 1. The summed E-state index contributed by atoms with van der Waals surface area (Å²) in [6.45, 7) is 2.40. The van der Waals surface area contributed by atoms with Crippen LogP contribution in [0.5, 0.6) is 5.75 Å². The van der Waals surface area contributed by atoms with Gasteiger partial charge in [0.05, 0.1) is 18.5 Å². The predicted molar refractivity (Wildman–Crippen MR) is 87.4 cm³/mol. The van der Waals surface area contributed by atoms with Crippen molar-refractivity contribution < 1.29 is 9.53 Å². The number of amides is 1. The van der Waals surface area contributed by atoms with E-state index < -0.39 is 0 Å². The molecule has 0 saturated heterocycles. The van der Waals surface area contributed by atoms with E-state index in [-0.39, 0.29) is 5.91 Å². The minimum Gasteiger partial charge on any atom is -0.493 e. The summed E-state index contributed by atoms with van der Waals surface area (Å²) in [4.78, 5) is 14.5. The summed E-state index contributed by atoms with van der Waals surface area (Å²) in [5.74, 6) is 0.647. The highest BCUT2D eigenvalue weighted by Crippen LogP contribution is 2.21. The minimum atomic E-state index is -0.140. The quantitative estimate of drug-likeness (QED) is 0.467. The Kier molecular flexibility index (Phi) is 6.03. The summed E-state index contributed by atoms with van der Waals surface area (Å²) in [6.07, 6.45) is 4.32. The second-order valence-corrected chi connectivity index (χ2v) is 5.22. The first-order valence-corrected chi connectivity index (χ1v) is 7.37. The smallest absolute Gasteiger partial charge is 0.240 e. The topological polar surface area (TPSA) is 66.5 Å². The molecule has 1 aromatic heterocycles. The van der Waals surface area contributed by atoms with Gasteiger partial charge >= 0.3 is 0 Å². The van der Waals surface area contributed by atoms with Crippen LogP contribution in [-0.2, 0) is 4.79 Å². The van der Waals surface area contributed by atoms with Crippen molar-refractivity contribution in [2.75, 3.05) is 6.61 Å². The van der Waals surface area contributed by atoms with Crippen LogP contribution in [0.3, 0.4) is 0 Å². The normalized spacial score (nSPS) is 10.8. The van der Waals surface area contributed by atoms with Crippen LogP contribution in [0.25, 0.3) is 0 Å². The molecular weight excluding hydrogens is 302 g/mol. The van der Waals surface area contributed by atoms with E-state index >= 15 is 0 Å². The molecule has 6 heteroatoms. The van der Waals surface area contributed by atoms with E-state index in [1.165, 1.54) is 0 Å².